The lowest BCUT2D eigenvalue weighted by atomic mass is 10.0. The first-order valence-electron chi connectivity index (χ1n) is 10.7. The zero-order valence-corrected chi connectivity index (χ0v) is 18.0. The first kappa shape index (κ1) is 21.8. The highest BCUT2D eigenvalue weighted by Gasteiger charge is 2.30. The highest BCUT2D eigenvalue weighted by molar-refractivity contribution is 5.72. The van der Waals surface area contributed by atoms with E-state index in [2.05, 4.69) is 5.16 Å². The van der Waals surface area contributed by atoms with Crippen LogP contribution in [0.1, 0.15) is 36.9 Å². The van der Waals surface area contributed by atoms with Crippen LogP contribution < -0.4 is 4.74 Å². The van der Waals surface area contributed by atoms with Crippen LogP contribution in [0.2, 0.25) is 0 Å². The lowest BCUT2D eigenvalue weighted by Crippen LogP contribution is -2.37. The molecule has 0 bridgehead atoms. The molecule has 0 saturated carbocycles. The summed E-state index contributed by atoms with van der Waals surface area (Å²) in [6, 6.07) is 7.61. The first-order chi connectivity index (χ1) is 15.1. The number of hydrogen-bond acceptors (Lipinski definition) is 8. The van der Waals surface area contributed by atoms with Crippen molar-refractivity contribution < 1.29 is 33.0 Å². The quantitative estimate of drug-likeness (QED) is 0.614. The summed E-state index contributed by atoms with van der Waals surface area (Å²) in [4.78, 5) is 11.8. The van der Waals surface area contributed by atoms with Gasteiger partial charge in [-0.1, -0.05) is 5.16 Å². The van der Waals surface area contributed by atoms with Crippen molar-refractivity contribution in [2.24, 2.45) is 5.92 Å². The molecule has 4 rings (SSSR count). The second-order valence-electron chi connectivity index (χ2n) is 7.94. The minimum Gasteiger partial charge on any atom is -0.488 e. The number of esters is 1. The van der Waals surface area contributed by atoms with Gasteiger partial charge in [0.1, 0.15) is 11.9 Å². The molecule has 1 aromatic carbocycles. The smallest absolute Gasteiger partial charge is 0.311 e. The topological polar surface area (TPSA) is 89.3 Å². The van der Waals surface area contributed by atoms with Crippen LogP contribution in [0.4, 0.5) is 0 Å². The predicted octanol–water partition coefficient (Wildman–Crippen LogP) is 3.65. The standard InChI is InChI=1S/C23H29NO7/c1-15-20(14-29-21-5-3-4-10-28-21)22(31-24-15)16-6-8-18(9-7-16)30-19-11-17(12-27-13-19)23(25)26-2/h6-9,17,19,21H,3-5,10-14H2,1-2H3. The van der Waals surface area contributed by atoms with E-state index in [1.54, 1.807) is 0 Å². The van der Waals surface area contributed by atoms with Gasteiger partial charge in [0.25, 0.3) is 0 Å². The molecule has 168 valence electrons. The van der Waals surface area contributed by atoms with Gasteiger partial charge in [0.15, 0.2) is 12.1 Å². The highest BCUT2D eigenvalue weighted by atomic mass is 16.7. The number of benzene rings is 1. The van der Waals surface area contributed by atoms with Gasteiger partial charge in [0.05, 0.1) is 38.5 Å². The van der Waals surface area contributed by atoms with Gasteiger partial charge < -0.3 is 28.2 Å². The van der Waals surface area contributed by atoms with Crippen molar-refractivity contribution in [3.05, 3.63) is 35.5 Å². The summed E-state index contributed by atoms with van der Waals surface area (Å²) in [5.74, 6) is 0.827. The molecule has 1 aromatic heterocycles. The van der Waals surface area contributed by atoms with Crippen LogP contribution in [0.15, 0.2) is 28.8 Å². The molecule has 0 amide bonds. The summed E-state index contributed by atoms with van der Waals surface area (Å²) in [5, 5.41) is 4.12. The van der Waals surface area contributed by atoms with Crippen LogP contribution in [0.3, 0.4) is 0 Å². The fourth-order valence-electron chi connectivity index (χ4n) is 3.89. The number of carbonyl (C=O) groups is 1. The van der Waals surface area contributed by atoms with Crippen molar-refractivity contribution in [2.45, 2.75) is 51.6 Å². The minimum atomic E-state index is -0.295. The Labute approximate surface area is 181 Å². The maximum absolute atomic E-state index is 11.8. The van der Waals surface area contributed by atoms with E-state index in [0.29, 0.717) is 37.8 Å². The molecule has 2 aliphatic rings. The van der Waals surface area contributed by atoms with Crippen LogP contribution in [-0.4, -0.2) is 50.5 Å². The van der Waals surface area contributed by atoms with E-state index in [9.17, 15) is 4.79 Å². The SMILES string of the molecule is COC(=O)C1COCC(Oc2ccc(-c3onc(C)c3COC3CCCCO3)cc2)C1. The Balaban J connectivity index is 1.38. The van der Waals surface area contributed by atoms with Gasteiger partial charge in [-0.3, -0.25) is 4.79 Å². The molecule has 2 saturated heterocycles. The third kappa shape index (κ3) is 5.44. The number of hydrogen-bond donors (Lipinski definition) is 0. The molecule has 8 heteroatoms. The third-order valence-corrected chi connectivity index (χ3v) is 5.66. The molecule has 3 atom stereocenters. The van der Waals surface area contributed by atoms with E-state index in [4.69, 9.17) is 28.2 Å². The normalized spacial score (nSPS) is 24.0. The number of nitrogens with zero attached hydrogens (tertiary/aromatic N) is 1. The van der Waals surface area contributed by atoms with Gasteiger partial charge in [-0.25, -0.2) is 0 Å². The number of ether oxygens (including phenoxy) is 5. The maximum Gasteiger partial charge on any atom is 0.311 e. The van der Waals surface area contributed by atoms with Crippen LogP contribution in [0.5, 0.6) is 5.75 Å². The molecule has 0 N–H and O–H groups in total. The lowest BCUT2D eigenvalue weighted by Gasteiger charge is -2.28. The second kappa shape index (κ2) is 10.3. The van der Waals surface area contributed by atoms with Crippen molar-refractivity contribution in [2.75, 3.05) is 26.9 Å². The van der Waals surface area contributed by atoms with E-state index in [1.165, 1.54) is 7.11 Å². The molecular weight excluding hydrogens is 402 g/mol. The number of rotatable bonds is 7. The molecule has 3 unspecified atom stereocenters. The highest BCUT2D eigenvalue weighted by Crippen LogP contribution is 2.30. The van der Waals surface area contributed by atoms with Crippen LogP contribution in [0, 0.1) is 12.8 Å². The molecule has 2 aromatic rings. The number of aromatic nitrogens is 1. The fourth-order valence-corrected chi connectivity index (χ4v) is 3.89. The fraction of sp³-hybridized carbons (Fsp3) is 0.565. The molecule has 0 aliphatic carbocycles. The second-order valence-corrected chi connectivity index (χ2v) is 7.94. The first-order valence-corrected chi connectivity index (χ1v) is 10.7. The van der Waals surface area contributed by atoms with Crippen molar-refractivity contribution in [3.8, 4) is 17.1 Å². The molecule has 2 fully saturated rings. The monoisotopic (exact) mass is 431 g/mol. The predicted molar refractivity (Wildman–Crippen MR) is 110 cm³/mol. The maximum atomic E-state index is 11.8. The van der Waals surface area contributed by atoms with Gasteiger partial charge in [0, 0.05) is 24.2 Å². The average molecular weight is 431 g/mol. The summed E-state index contributed by atoms with van der Waals surface area (Å²) in [6.07, 6.45) is 3.32. The van der Waals surface area contributed by atoms with E-state index < -0.39 is 0 Å². The Morgan fingerprint density at radius 1 is 1.19 bits per heavy atom. The zero-order valence-electron chi connectivity index (χ0n) is 18.0. The van der Waals surface area contributed by atoms with Gasteiger partial charge in [-0.05, 0) is 50.5 Å². The molecule has 2 aliphatic heterocycles. The Kier molecular flexibility index (Phi) is 7.21. The summed E-state index contributed by atoms with van der Waals surface area (Å²) in [6.45, 7) is 3.86. The van der Waals surface area contributed by atoms with E-state index in [-0.39, 0.29) is 24.3 Å². The van der Waals surface area contributed by atoms with Crippen LogP contribution in [-0.2, 0) is 30.3 Å². The lowest BCUT2D eigenvalue weighted by molar-refractivity contribution is -0.168. The Morgan fingerprint density at radius 2 is 2.03 bits per heavy atom. The van der Waals surface area contributed by atoms with E-state index in [1.807, 2.05) is 31.2 Å². The molecule has 0 radical (unpaired) electrons. The van der Waals surface area contributed by atoms with Gasteiger partial charge in [-0.2, -0.15) is 0 Å². The van der Waals surface area contributed by atoms with Crippen molar-refractivity contribution >= 4 is 5.97 Å². The largest absolute Gasteiger partial charge is 0.488 e. The summed E-state index contributed by atoms with van der Waals surface area (Å²) < 4.78 is 33.5. The van der Waals surface area contributed by atoms with Crippen molar-refractivity contribution in [3.63, 3.8) is 0 Å². The number of carbonyl (C=O) groups excluding carboxylic acids is 1. The van der Waals surface area contributed by atoms with Gasteiger partial charge in [-0.15, -0.1) is 0 Å². The number of aryl methyl sites for hydroxylation is 1. The summed E-state index contributed by atoms with van der Waals surface area (Å²) in [7, 11) is 1.39. The molecular formula is C23H29NO7. The molecule has 8 nitrogen and oxygen atoms in total. The van der Waals surface area contributed by atoms with Crippen molar-refractivity contribution in [1.82, 2.24) is 5.16 Å². The van der Waals surface area contributed by atoms with Gasteiger partial charge in [0.2, 0.25) is 0 Å². The molecule has 3 heterocycles. The number of methoxy groups -OCH3 is 1. The van der Waals surface area contributed by atoms with E-state index in [0.717, 1.165) is 42.7 Å². The Morgan fingerprint density at radius 3 is 2.77 bits per heavy atom. The molecule has 0 spiro atoms. The minimum absolute atomic E-state index is 0.168. The van der Waals surface area contributed by atoms with Crippen LogP contribution >= 0.6 is 0 Å². The Bertz CT molecular complexity index is 857. The van der Waals surface area contributed by atoms with Crippen LogP contribution in [0.25, 0.3) is 11.3 Å². The average Bonchev–Trinajstić information content (AvgIpc) is 3.18. The van der Waals surface area contributed by atoms with Crippen molar-refractivity contribution in [1.29, 1.82) is 0 Å². The Hall–Kier alpha value is -2.42. The summed E-state index contributed by atoms with van der Waals surface area (Å²) in [5.41, 5.74) is 2.62. The summed E-state index contributed by atoms with van der Waals surface area (Å²) >= 11 is 0. The third-order valence-electron chi connectivity index (χ3n) is 5.66. The van der Waals surface area contributed by atoms with E-state index >= 15 is 0 Å². The van der Waals surface area contributed by atoms with Gasteiger partial charge >= 0.3 is 5.97 Å². The molecule has 31 heavy (non-hydrogen) atoms. The zero-order chi connectivity index (χ0) is 21.6.